The Morgan fingerprint density at radius 3 is 2.33 bits per heavy atom. The van der Waals surface area contributed by atoms with E-state index < -0.39 is 0 Å². The molecule has 0 heterocycles. The highest BCUT2D eigenvalue weighted by Crippen LogP contribution is 2.15. The molecule has 0 amide bonds. The second kappa shape index (κ2) is 6.21. The third-order valence-electron chi connectivity index (χ3n) is 2.41. The summed E-state index contributed by atoms with van der Waals surface area (Å²) in [5.41, 5.74) is 1.94. The van der Waals surface area contributed by atoms with Crippen LogP contribution in [0.25, 0.3) is 0 Å². The van der Waals surface area contributed by atoms with Crippen molar-refractivity contribution in [2.45, 2.75) is 6.61 Å². The van der Waals surface area contributed by atoms with Gasteiger partial charge in [-0.2, -0.15) is 0 Å². The van der Waals surface area contributed by atoms with Crippen molar-refractivity contribution in [3.05, 3.63) is 64.1 Å². The molecule has 0 saturated carbocycles. The summed E-state index contributed by atoms with van der Waals surface area (Å²) in [6, 6.07) is 15.3. The topological polar surface area (TPSA) is 41.8 Å². The lowest BCUT2D eigenvalue weighted by molar-refractivity contribution is 0.306. The van der Waals surface area contributed by atoms with Gasteiger partial charge >= 0.3 is 0 Å². The van der Waals surface area contributed by atoms with Gasteiger partial charge in [-0.3, -0.25) is 0 Å². The standard InChI is InChI=1S/C14H12BrNO2/c15-13-5-1-12(2-6-13)10-18-14-7-3-11(4-8-14)9-16-17/h1-9,17H,10H2/b16-9+. The van der Waals surface area contributed by atoms with E-state index in [0.717, 1.165) is 21.3 Å². The highest BCUT2D eigenvalue weighted by atomic mass is 79.9. The molecule has 3 nitrogen and oxygen atoms in total. The Hall–Kier alpha value is -1.81. The monoisotopic (exact) mass is 305 g/mol. The molecule has 0 aliphatic rings. The van der Waals surface area contributed by atoms with Crippen molar-refractivity contribution in [1.82, 2.24) is 0 Å². The Morgan fingerprint density at radius 1 is 1.06 bits per heavy atom. The summed E-state index contributed by atoms with van der Waals surface area (Å²) >= 11 is 3.39. The number of hydrogen-bond acceptors (Lipinski definition) is 3. The first-order valence-corrected chi connectivity index (χ1v) is 6.22. The van der Waals surface area contributed by atoms with E-state index in [0.29, 0.717) is 6.61 Å². The lowest BCUT2D eigenvalue weighted by Crippen LogP contribution is -1.95. The summed E-state index contributed by atoms with van der Waals surface area (Å²) < 4.78 is 6.70. The lowest BCUT2D eigenvalue weighted by atomic mass is 10.2. The molecule has 1 N–H and O–H groups in total. The van der Waals surface area contributed by atoms with E-state index in [9.17, 15) is 0 Å². The summed E-state index contributed by atoms with van der Waals surface area (Å²) in [4.78, 5) is 0. The van der Waals surface area contributed by atoms with Gasteiger partial charge in [0.25, 0.3) is 0 Å². The molecule has 0 fully saturated rings. The fourth-order valence-corrected chi connectivity index (χ4v) is 1.73. The molecule has 2 aromatic carbocycles. The number of benzene rings is 2. The van der Waals surface area contributed by atoms with Crippen molar-refractivity contribution in [3.63, 3.8) is 0 Å². The molecular formula is C14H12BrNO2. The minimum Gasteiger partial charge on any atom is -0.489 e. The molecule has 0 aliphatic heterocycles. The third kappa shape index (κ3) is 3.60. The van der Waals surface area contributed by atoms with Gasteiger partial charge < -0.3 is 9.94 Å². The summed E-state index contributed by atoms with van der Waals surface area (Å²) in [5, 5.41) is 11.4. The first kappa shape index (κ1) is 12.6. The lowest BCUT2D eigenvalue weighted by Gasteiger charge is -2.06. The maximum atomic E-state index is 8.40. The van der Waals surface area contributed by atoms with Crippen LogP contribution in [-0.2, 0) is 6.61 Å². The quantitative estimate of drug-likeness (QED) is 0.530. The zero-order valence-corrected chi connectivity index (χ0v) is 11.2. The Labute approximate surface area is 114 Å². The number of oxime groups is 1. The average molecular weight is 306 g/mol. The van der Waals surface area contributed by atoms with Gasteiger partial charge in [0, 0.05) is 4.47 Å². The zero-order chi connectivity index (χ0) is 12.8. The number of ether oxygens (including phenoxy) is 1. The van der Waals surface area contributed by atoms with Gasteiger partial charge in [0.05, 0.1) is 6.21 Å². The summed E-state index contributed by atoms with van der Waals surface area (Å²) in [5.74, 6) is 0.785. The normalized spacial score (nSPS) is 10.7. The van der Waals surface area contributed by atoms with Crippen LogP contribution in [0.15, 0.2) is 58.2 Å². The molecule has 4 heteroatoms. The number of hydrogen-bond donors (Lipinski definition) is 1. The fraction of sp³-hybridized carbons (Fsp3) is 0.0714. The van der Waals surface area contributed by atoms with E-state index in [1.807, 2.05) is 48.5 Å². The third-order valence-corrected chi connectivity index (χ3v) is 2.93. The van der Waals surface area contributed by atoms with Crippen molar-refractivity contribution in [2.75, 3.05) is 0 Å². The smallest absolute Gasteiger partial charge is 0.119 e. The Balaban J connectivity index is 1.95. The molecular weight excluding hydrogens is 294 g/mol. The van der Waals surface area contributed by atoms with Crippen molar-refractivity contribution < 1.29 is 9.94 Å². The van der Waals surface area contributed by atoms with Gasteiger partial charge in [0.15, 0.2) is 0 Å². The first-order valence-electron chi connectivity index (χ1n) is 5.42. The van der Waals surface area contributed by atoms with E-state index in [1.54, 1.807) is 0 Å². The van der Waals surface area contributed by atoms with Crippen molar-refractivity contribution in [3.8, 4) is 5.75 Å². The van der Waals surface area contributed by atoms with Gasteiger partial charge in [-0.15, -0.1) is 0 Å². The Bertz CT molecular complexity index is 520. The summed E-state index contributed by atoms with van der Waals surface area (Å²) in [6.45, 7) is 0.528. The van der Waals surface area contributed by atoms with E-state index in [1.165, 1.54) is 6.21 Å². The van der Waals surface area contributed by atoms with Gasteiger partial charge in [-0.05, 0) is 47.5 Å². The van der Waals surface area contributed by atoms with Crippen LogP contribution in [0.5, 0.6) is 5.75 Å². The average Bonchev–Trinajstić information content (AvgIpc) is 2.40. The SMILES string of the molecule is O/N=C/c1ccc(OCc2ccc(Br)cc2)cc1. The highest BCUT2D eigenvalue weighted by Gasteiger charge is 1.96. The number of nitrogens with zero attached hydrogens (tertiary/aromatic N) is 1. The molecule has 2 rings (SSSR count). The van der Waals surface area contributed by atoms with Gasteiger partial charge in [-0.25, -0.2) is 0 Å². The van der Waals surface area contributed by atoms with Crippen LogP contribution in [0.4, 0.5) is 0 Å². The molecule has 0 unspecified atom stereocenters. The highest BCUT2D eigenvalue weighted by molar-refractivity contribution is 9.10. The molecule has 0 spiro atoms. The van der Waals surface area contributed by atoms with Crippen LogP contribution in [0.1, 0.15) is 11.1 Å². The van der Waals surface area contributed by atoms with E-state index >= 15 is 0 Å². The largest absolute Gasteiger partial charge is 0.489 e. The molecule has 2 aromatic rings. The molecule has 0 atom stereocenters. The zero-order valence-electron chi connectivity index (χ0n) is 9.58. The van der Waals surface area contributed by atoms with Crippen LogP contribution < -0.4 is 4.74 Å². The van der Waals surface area contributed by atoms with Crippen LogP contribution >= 0.6 is 15.9 Å². The van der Waals surface area contributed by atoms with Crippen LogP contribution in [0, 0.1) is 0 Å². The molecule has 0 radical (unpaired) electrons. The van der Waals surface area contributed by atoms with E-state index in [2.05, 4.69) is 21.1 Å². The minimum absolute atomic E-state index is 0.528. The van der Waals surface area contributed by atoms with E-state index in [-0.39, 0.29) is 0 Å². The maximum Gasteiger partial charge on any atom is 0.119 e. The van der Waals surface area contributed by atoms with Gasteiger partial charge in [-0.1, -0.05) is 33.2 Å². The van der Waals surface area contributed by atoms with Crippen molar-refractivity contribution in [2.24, 2.45) is 5.16 Å². The summed E-state index contributed by atoms with van der Waals surface area (Å²) in [6.07, 6.45) is 1.37. The summed E-state index contributed by atoms with van der Waals surface area (Å²) in [7, 11) is 0. The molecule has 0 bridgehead atoms. The van der Waals surface area contributed by atoms with Gasteiger partial charge in [0.1, 0.15) is 12.4 Å². The Kier molecular flexibility index (Phi) is 4.36. The van der Waals surface area contributed by atoms with Crippen LogP contribution in [-0.4, -0.2) is 11.4 Å². The predicted octanol–water partition coefficient (Wildman–Crippen LogP) is 3.84. The van der Waals surface area contributed by atoms with E-state index in [4.69, 9.17) is 9.94 Å². The number of halogens is 1. The van der Waals surface area contributed by atoms with Crippen LogP contribution in [0.2, 0.25) is 0 Å². The molecule has 18 heavy (non-hydrogen) atoms. The predicted molar refractivity (Wildman–Crippen MR) is 74.3 cm³/mol. The number of rotatable bonds is 4. The van der Waals surface area contributed by atoms with Crippen molar-refractivity contribution >= 4 is 22.1 Å². The second-order valence-electron chi connectivity index (χ2n) is 3.73. The molecule has 0 aliphatic carbocycles. The van der Waals surface area contributed by atoms with Gasteiger partial charge in [0.2, 0.25) is 0 Å². The van der Waals surface area contributed by atoms with Crippen molar-refractivity contribution in [1.29, 1.82) is 0 Å². The Morgan fingerprint density at radius 2 is 1.72 bits per heavy atom. The first-order chi connectivity index (χ1) is 8.78. The molecule has 0 saturated heterocycles. The van der Waals surface area contributed by atoms with Crippen LogP contribution in [0.3, 0.4) is 0 Å². The maximum absolute atomic E-state index is 8.40. The second-order valence-corrected chi connectivity index (χ2v) is 4.64. The minimum atomic E-state index is 0.528. The molecule has 0 aromatic heterocycles. The fourth-order valence-electron chi connectivity index (χ4n) is 1.46. The molecule has 92 valence electrons.